The maximum absolute atomic E-state index is 9.60. The van der Waals surface area contributed by atoms with Gasteiger partial charge in [-0.3, -0.25) is 0 Å². The van der Waals surface area contributed by atoms with Crippen LogP contribution in [-0.2, 0) is 5.54 Å². The van der Waals surface area contributed by atoms with Crippen molar-refractivity contribution in [2.75, 3.05) is 18.7 Å². The number of aromatic nitrogens is 3. The molecule has 0 fully saturated rings. The number of fused-ring (bicyclic) bond motifs is 1. The molecule has 0 amide bonds. The van der Waals surface area contributed by atoms with Crippen LogP contribution in [0.3, 0.4) is 0 Å². The van der Waals surface area contributed by atoms with Crippen molar-refractivity contribution in [2.24, 2.45) is 0 Å². The molecule has 2 aromatic heterocycles. The molecule has 198 valence electrons. The van der Waals surface area contributed by atoms with Gasteiger partial charge in [-0.2, -0.15) is 5.10 Å². The number of ether oxygens (including phenoxy) is 1. The second kappa shape index (κ2) is 11.0. The van der Waals surface area contributed by atoms with Crippen LogP contribution in [0.25, 0.3) is 22.2 Å². The lowest BCUT2D eigenvalue weighted by Crippen LogP contribution is -2.38. The summed E-state index contributed by atoms with van der Waals surface area (Å²) in [5.74, 6) is 0.549. The lowest BCUT2D eigenvalue weighted by molar-refractivity contribution is 0.325. The summed E-state index contributed by atoms with van der Waals surface area (Å²) in [6.07, 6.45) is 1.75. The molecule has 0 aliphatic heterocycles. The number of nitrogens with zero attached hydrogens (tertiary/aromatic N) is 3. The zero-order valence-corrected chi connectivity index (χ0v) is 22.2. The number of benzene rings is 4. The van der Waals surface area contributed by atoms with Crippen LogP contribution in [-0.4, -0.2) is 33.2 Å². The van der Waals surface area contributed by atoms with E-state index in [9.17, 15) is 5.11 Å². The first-order valence-electron chi connectivity index (χ1n) is 13.4. The number of nitrogens with one attached hydrogen (secondary N) is 1. The summed E-state index contributed by atoms with van der Waals surface area (Å²) >= 11 is 0. The first-order chi connectivity index (χ1) is 19.8. The third-order valence-electron chi connectivity index (χ3n) is 7.16. The molecule has 0 atom stereocenters. The highest BCUT2D eigenvalue weighted by atomic mass is 16.5. The molecule has 0 aliphatic carbocycles. The molecule has 0 radical (unpaired) electrons. The Morgan fingerprint density at radius 2 is 1.38 bits per heavy atom. The molecule has 0 saturated heterocycles. The van der Waals surface area contributed by atoms with E-state index in [0.717, 1.165) is 44.5 Å². The van der Waals surface area contributed by atoms with E-state index in [0.29, 0.717) is 12.5 Å². The Bertz CT molecular complexity index is 1620. The van der Waals surface area contributed by atoms with E-state index >= 15 is 0 Å². The van der Waals surface area contributed by atoms with Gasteiger partial charge in [-0.25, -0.2) is 9.67 Å². The predicted molar refractivity (Wildman–Crippen MR) is 159 cm³/mol. The Morgan fingerprint density at radius 3 is 1.93 bits per heavy atom. The van der Waals surface area contributed by atoms with E-state index in [1.54, 1.807) is 6.20 Å². The van der Waals surface area contributed by atoms with E-state index in [1.807, 2.05) is 49.4 Å². The number of pyridine rings is 1. The Morgan fingerprint density at radius 1 is 0.775 bits per heavy atom. The van der Waals surface area contributed by atoms with Crippen molar-refractivity contribution in [3.8, 4) is 17.1 Å². The molecular formula is C34H30N4O2. The average molecular weight is 527 g/mol. The van der Waals surface area contributed by atoms with E-state index in [2.05, 4.69) is 93.8 Å². The van der Waals surface area contributed by atoms with Gasteiger partial charge in [0.1, 0.15) is 18.0 Å². The zero-order chi connectivity index (χ0) is 27.4. The van der Waals surface area contributed by atoms with Crippen LogP contribution in [0.5, 0.6) is 5.88 Å². The lowest BCUT2D eigenvalue weighted by atomic mass is 9.77. The Balaban J connectivity index is 1.74. The minimum Gasteiger partial charge on any atom is -0.478 e. The smallest absolute Gasteiger partial charge is 0.213 e. The highest BCUT2D eigenvalue weighted by Crippen LogP contribution is 2.44. The summed E-state index contributed by atoms with van der Waals surface area (Å²) in [5, 5.41) is 19.0. The van der Waals surface area contributed by atoms with Gasteiger partial charge in [-0.05, 0) is 47.9 Å². The molecule has 6 heteroatoms. The van der Waals surface area contributed by atoms with Crippen molar-refractivity contribution in [3.05, 3.63) is 144 Å². The SMILES string of the molecule is CCOc1cc(-c2nn(C(c3ccccc3)(c3ccccc3)c3ccccc3)c3ccc(NCO)cc23)ccn1. The molecule has 0 unspecified atom stereocenters. The summed E-state index contributed by atoms with van der Waals surface area (Å²) in [7, 11) is 0. The largest absolute Gasteiger partial charge is 0.478 e. The Kier molecular flexibility index (Phi) is 7.00. The lowest BCUT2D eigenvalue weighted by Gasteiger charge is -2.37. The van der Waals surface area contributed by atoms with Crippen LogP contribution in [0.2, 0.25) is 0 Å². The fourth-order valence-corrected chi connectivity index (χ4v) is 5.48. The van der Waals surface area contributed by atoms with Gasteiger partial charge in [0.25, 0.3) is 0 Å². The first-order valence-corrected chi connectivity index (χ1v) is 13.4. The summed E-state index contributed by atoms with van der Waals surface area (Å²) < 4.78 is 7.87. The van der Waals surface area contributed by atoms with Crippen molar-refractivity contribution in [3.63, 3.8) is 0 Å². The fourth-order valence-electron chi connectivity index (χ4n) is 5.48. The van der Waals surface area contributed by atoms with Gasteiger partial charge in [0.15, 0.2) is 0 Å². The Labute approximate surface area is 233 Å². The molecule has 6 rings (SSSR count). The highest BCUT2D eigenvalue weighted by molar-refractivity contribution is 5.96. The third-order valence-corrected chi connectivity index (χ3v) is 7.16. The number of aliphatic hydroxyl groups excluding tert-OH is 1. The normalized spacial score (nSPS) is 11.4. The zero-order valence-electron chi connectivity index (χ0n) is 22.2. The first kappa shape index (κ1) is 25.3. The number of hydrogen-bond acceptors (Lipinski definition) is 5. The molecule has 0 bridgehead atoms. The van der Waals surface area contributed by atoms with Crippen molar-refractivity contribution in [1.82, 2.24) is 14.8 Å². The van der Waals surface area contributed by atoms with Gasteiger partial charge >= 0.3 is 0 Å². The number of rotatable bonds is 9. The van der Waals surface area contributed by atoms with Gasteiger partial charge in [0.05, 0.1) is 12.1 Å². The monoisotopic (exact) mass is 526 g/mol. The van der Waals surface area contributed by atoms with Gasteiger partial charge in [-0.1, -0.05) is 91.0 Å². The van der Waals surface area contributed by atoms with Gasteiger partial charge in [0, 0.05) is 28.9 Å². The highest BCUT2D eigenvalue weighted by Gasteiger charge is 2.41. The molecule has 40 heavy (non-hydrogen) atoms. The van der Waals surface area contributed by atoms with E-state index < -0.39 is 5.54 Å². The molecule has 0 saturated carbocycles. The minimum atomic E-state index is -0.776. The van der Waals surface area contributed by atoms with Gasteiger partial charge < -0.3 is 15.2 Å². The standard InChI is InChI=1S/C34H30N4O2/c1-2-40-32-22-25(20-21-35-32)33-30-23-29(36-24-39)18-19-31(30)38(37-33)34(26-12-6-3-7-13-26,27-14-8-4-9-15-27)28-16-10-5-11-17-28/h3-23,36,39H,2,24H2,1H3. The van der Waals surface area contributed by atoms with Crippen LogP contribution in [0.15, 0.2) is 128 Å². The van der Waals surface area contributed by atoms with E-state index in [-0.39, 0.29) is 6.73 Å². The maximum atomic E-state index is 9.60. The Hall–Kier alpha value is -4.94. The summed E-state index contributed by atoms with van der Waals surface area (Å²) in [6, 6.07) is 41.5. The molecule has 6 aromatic rings. The summed E-state index contributed by atoms with van der Waals surface area (Å²) in [5.41, 5.74) is 5.94. The summed E-state index contributed by atoms with van der Waals surface area (Å²) in [6.45, 7) is 2.30. The van der Waals surface area contributed by atoms with E-state index in [1.165, 1.54) is 0 Å². The molecule has 2 heterocycles. The van der Waals surface area contributed by atoms with Crippen LogP contribution < -0.4 is 10.1 Å². The predicted octanol–water partition coefficient (Wildman–Crippen LogP) is 6.70. The van der Waals surface area contributed by atoms with Crippen molar-refractivity contribution < 1.29 is 9.84 Å². The van der Waals surface area contributed by atoms with Crippen molar-refractivity contribution in [1.29, 1.82) is 0 Å². The van der Waals surface area contributed by atoms with Crippen LogP contribution >= 0.6 is 0 Å². The molecular weight excluding hydrogens is 496 g/mol. The number of hydrogen-bond donors (Lipinski definition) is 2. The van der Waals surface area contributed by atoms with Crippen LogP contribution in [0.4, 0.5) is 5.69 Å². The molecule has 0 spiro atoms. The summed E-state index contributed by atoms with van der Waals surface area (Å²) in [4.78, 5) is 4.38. The van der Waals surface area contributed by atoms with Gasteiger partial charge in [-0.15, -0.1) is 0 Å². The van der Waals surface area contributed by atoms with Crippen LogP contribution in [0, 0.1) is 0 Å². The maximum Gasteiger partial charge on any atom is 0.213 e. The third kappa shape index (κ3) is 4.38. The number of anilines is 1. The van der Waals surface area contributed by atoms with Crippen LogP contribution in [0.1, 0.15) is 23.6 Å². The quantitative estimate of drug-likeness (QED) is 0.162. The molecule has 4 aromatic carbocycles. The fraction of sp³-hybridized carbons (Fsp3) is 0.118. The van der Waals surface area contributed by atoms with Crippen molar-refractivity contribution >= 4 is 16.6 Å². The number of aliphatic hydroxyl groups is 1. The molecule has 0 aliphatic rings. The second-order valence-corrected chi connectivity index (χ2v) is 9.45. The minimum absolute atomic E-state index is 0.166. The van der Waals surface area contributed by atoms with E-state index in [4.69, 9.17) is 9.84 Å². The molecule has 2 N–H and O–H groups in total. The topological polar surface area (TPSA) is 72.2 Å². The average Bonchev–Trinajstić information content (AvgIpc) is 3.39. The molecule has 6 nitrogen and oxygen atoms in total. The van der Waals surface area contributed by atoms with Crippen molar-refractivity contribution in [2.45, 2.75) is 12.5 Å². The second-order valence-electron chi connectivity index (χ2n) is 9.45. The van der Waals surface area contributed by atoms with Gasteiger partial charge in [0.2, 0.25) is 5.88 Å².